The molecule has 25 heavy (non-hydrogen) atoms. The number of para-hydroxylation sites is 1. The number of hydrogen-bond donors (Lipinski definition) is 1. The van der Waals surface area contributed by atoms with Gasteiger partial charge < -0.3 is 10.2 Å². The van der Waals surface area contributed by atoms with Crippen molar-refractivity contribution in [1.82, 2.24) is 4.31 Å². The minimum absolute atomic E-state index is 0.0875. The van der Waals surface area contributed by atoms with Crippen LogP contribution in [0.3, 0.4) is 0 Å². The number of rotatable bonds is 6. The molecule has 2 aromatic rings. The van der Waals surface area contributed by atoms with E-state index in [-0.39, 0.29) is 10.8 Å². The van der Waals surface area contributed by atoms with E-state index in [1.807, 2.05) is 0 Å². The molecule has 0 bridgehead atoms. The molecular formula is C15H17Cl2N3O3S2. The lowest BCUT2D eigenvalue weighted by Gasteiger charge is -2.20. The smallest absolute Gasteiger partial charge is 0.252 e. The van der Waals surface area contributed by atoms with Gasteiger partial charge in [-0.1, -0.05) is 29.3 Å². The van der Waals surface area contributed by atoms with Crippen LogP contribution in [0.4, 0.5) is 11.4 Å². The fourth-order valence-corrected chi connectivity index (χ4v) is 5.30. The number of nitrogens with zero attached hydrogens (tertiary/aromatic N) is 2. The SMILES string of the molecule is CN(C)c1c(Cl)cccc1NC(=O)CN(C)S(=O)(=O)c1ccc(Cl)s1. The molecule has 0 aliphatic carbocycles. The van der Waals surface area contributed by atoms with E-state index in [0.29, 0.717) is 20.7 Å². The lowest BCUT2D eigenvalue weighted by molar-refractivity contribution is -0.116. The number of anilines is 2. The number of carbonyl (C=O) groups is 1. The first-order valence-corrected chi connectivity index (χ1v) is 10.1. The van der Waals surface area contributed by atoms with E-state index in [1.165, 1.54) is 19.2 Å². The quantitative estimate of drug-likeness (QED) is 0.775. The molecule has 0 unspecified atom stereocenters. The van der Waals surface area contributed by atoms with Gasteiger partial charge >= 0.3 is 0 Å². The maximum absolute atomic E-state index is 12.4. The van der Waals surface area contributed by atoms with Crippen LogP contribution in [-0.2, 0) is 14.8 Å². The lowest BCUT2D eigenvalue weighted by Crippen LogP contribution is -2.34. The zero-order valence-corrected chi connectivity index (χ0v) is 16.9. The van der Waals surface area contributed by atoms with Crippen LogP contribution in [0.1, 0.15) is 0 Å². The first kappa shape index (κ1) is 20.0. The minimum atomic E-state index is -3.77. The summed E-state index contributed by atoms with van der Waals surface area (Å²) >= 11 is 12.9. The van der Waals surface area contributed by atoms with Gasteiger partial charge in [-0.3, -0.25) is 4.79 Å². The fraction of sp³-hybridized carbons (Fsp3) is 0.267. The van der Waals surface area contributed by atoms with Crippen molar-refractivity contribution in [2.75, 3.05) is 37.9 Å². The molecule has 1 amide bonds. The molecule has 0 saturated carbocycles. The highest BCUT2D eigenvalue weighted by molar-refractivity contribution is 7.91. The molecule has 0 spiro atoms. The number of likely N-dealkylation sites (N-methyl/N-ethyl adjacent to an activating group) is 1. The van der Waals surface area contributed by atoms with Crippen LogP contribution in [0.5, 0.6) is 0 Å². The molecule has 0 fully saturated rings. The third-order valence-corrected chi connectivity index (χ3v) is 7.09. The van der Waals surface area contributed by atoms with Gasteiger partial charge in [-0.15, -0.1) is 11.3 Å². The molecule has 1 heterocycles. The Bertz CT molecular complexity index is 882. The van der Waals surface area contributed by atoms with Crippen molar-refractivity contribution < 1.29 is 13.2 Å². The molecule has 0 saturated heterocycles. The molecular weight excluding hydrogens is 405 g/mol. The highest BCUT2D eigenvalue weighted by Crippen LogP contribution is 2.32. The third-order valence-electron chi connectivity index (χ3n) is 3.29. The van der Waals surface area contributed by atoms with Crippen molar-refractivity contribution in [3.63, 3.8) is 0 Å². The number of halogens is 2. The van der Waals surface area contributed by atoms with Gasteiger partial charge in [-0.05, 0) is 24.3 Å². The summed E-state index contributed by atoms with van der Waals surface area (Å²) in [6.45, 7) is -0.336. The monoisotopic (exact) mass is 421 g/mol. The molecule has 0 atom stereocenters. The Hall–Kier alpha value is -1.32. The number of hydrogen-bond acceptors (Lipinski definition) is 5. The second-order valence-corrected chi connectivity index (χ2v) is 9.79. The standard InChI is InChI=1S/C15H17Cl2N3O3S2/c1-19(2)15-10(16)5-4-6-11(15)18-13(21)9-20(3)25(22,23)14-8-7-12(17)24-14/h4-8H,9H2,1-3H3,(H,18,21). The van der Waals surface area contributed by atoms with Crippen LogP contribution in [0.15, 0.2) is 34.5 Å². The summed E-state index contributed by atoms with van der Waals surface area (Å²) in [5, 5.41) is 3.18. The van der Waals surface area contributed by atoms with Crippen molar-refractivity contribution in [2.45, 2.75) is 4.21 Å². The predicted molar refractivity (Wildman–Crippen MR) is 104 cm³/mol. The third kappa shape index (κ3) is 4.65. The molecule has 10 heteroatoms. The lowest BCUT2D eigenvalue weighted by atomic mass is 10.2. The van der Waals surface area contributed by atoms with Gasteiger partial charge in [0.2, 0.25) is 5.91 Å². The van der Waals surface area contributed by atoms with Gasteiger partial charge in [0.25, 0.3) is 10.0 Å². The van der Waals surface area contributed by atoms with Gasteiger partial charge in [-0.2, -0.15) is 4.31 Å². The predicted octanol–water partition coefficient (Wildman–Crippen LogP) is 3.38. The summed E-state index contributed by atoms with van der Waals surface area (Å²) in [6.07, 6.45) is 0. The summed E-state index contributed by atoms with van der Waals surface area (Å²) in [5.74, 6) is -0.473. The van der Waals surface area contributed by atoms with E-state index in [0.717, 1.165) is 15.6 Å². The zero-order valence-electron chi connectivity index (χ0n) is 13.8. The molecule has 0 aliphatic heterocycles. The van der Waals surface area contributed by atoms with E-state index in [2.05, 4.69) is 5.32 Å². The summed E-state index contributed by atoms with van der Waals surface area (Å²) < 4.78 is 26.3. The molecule has 0 radical (unpaired) electrons. The summed E-state index contributed by atoms with van der Waals surface area (Å²) in [6, 6.07) is 8.04. The summed E-state index contributed by atoms with van der Waals surface area (Å²) in [5.41, 5.74) is 1.15. The van der Waals surface area contributed by atoms with E-state index in [4.69, 9.17) is 23.2 Å². The van der Waals surface area contributed by atoms with Crippen LogP contribution in [0.25, 0.3) is 0 Å². The van der Waals surface area contributed by atoms with Gasteiger partial charge in [-0.25, -0.2) is 8.42 Å². The topological polar surface area (TPSA) is 69.7 Å². The van der Waals surface area contributed by atoms with Crippen molar-refractivity contribution in [1.29, 1.82) is 0 Å². The van der Waals surface area contributed by atoms with E-state index in [9.17, 15) is 13.2 Å². The number of amides is 1. The number of nitrogens with one attached hydrogen (secondary N) is 1. The molecule has 1 N–H and O–H groups in total. The first-order chi connectivity index (χ1) is 11.6. The van der Waals surface area contributed by atoms with Crippen LogP contribution >= 0.6 is 34.5 Å². The average molecular weight is 422 g/mol. The molecule has 6 nitrogen and oxygen atoms in total. The first-order valence-electron chi connectivity index (χ1n) is 7.10. The highest BCUT2D eigenvalue weighted by atomic mass is 35.5. The second kappa shape index (κ2) is 7.92. The van der Waals surface area contributed by atoms with Crippen molar-refractivity contribution in [2.24, 2.45) is 0 Å². The van der Waals surface area contributed by atoms with Crippen molar-refractivity contribution >= 4 is 61.8 Å². The summed E-state index contributed by atoms with van der Waals surface area (Å²) in [4.78, 5) is 14.1. The average Bonchev–Trinajstić information content (AvgIpc) is 2.94. The van der Waals surface area contributed by atoms with Crippen LogP contribution in [0.2, 0.25) is 9.36 Å². The van der Waals surface area contributed by atoms with Crippen molar-refractivity contribution in [3.8, 4) is 0 Å². The molecule has 1 aromatic heterocycles. The summed E-state index contributed by atoms with van der Waals surface area (Å²) in [7, 11) is 1.17. The van der Waals surface area contributed by atoms with Gasteiger partial charge in [0, 0.05) is 21.1 Å². The van der Waals surface area contributed by atoms with E-state index in [1.54, 1.807) is 37.2 Å². The van der Waals surface area contributed by atoms with Gasteiger partial charge in [0.1, 0.15) is 4.21 Å². The number of thiophene rings is 1. The molecule has 136 valence electrons. The second-order valence-electron chi connectivity index (χ2n) is 5.40. The maximum Gasteiger partial charge on any atom is 0.252 e. The number of benzene rings is 1. The van der Waals surface area contributed by atoms with Crippen molar-refractivity contribution in [3.05, 3.63) is 39.7 Å². The zero-order chi connectivity index (χ0) is 18.8. The maximum atomic E-state index is 12.4. The Morgan fingerprint density at radius 3 is 2.40 bits per heavy atom. The van der Waals surface area contributed by atoms with Crippen LogP contribution in [0, 0.1) is 0 Å². The Morgan fingerprint density at radius 2 is 1.84 bits per heavy atom. The van der Waals surface area contributed by atoms with Crippen LogP contribution < -0.4 is 10.2 Å². The molecule has 1 aromatic carbocycles. The van der Waals surface area contributed by atoms with E-state index < -0.39 is 15.9 Å². The van der Waals surface area contributed by atoms with E-state index >= 15 is 0 Å². The fourth-order valence-electron chi connectivity index (χ4n) is 2.14. The normalized spacial score (nSPS) is 11.6. The highest BCUT2D eigenvalue weighted by Gasteiger charge is 2.25. The Labute approximate surface area is 161 Å². The Kier molecular flexibility index (Phi) is 6.34. The number of sulfonamides is 1. The number of carbonyl (C=O) groups excluding carboxylic acids is 1. The Balaban J connectivity index is 2.14. The largest absolute Gasteiger partial charge is 0.375 e. The van der Waals surface area contributed by atoms with Gasteiger partial charge in [0.05, 0.1) is 27.3 Å². The van der Waals surface area contributed by atoms with Crippen LogP contribution in [-0.4, -0.2) is 46.3 Å². The Morgan fingerprint density at radius 1 is 1.16 bits per heavy atom. The molecule has 2 rings (SSSR count). The molecule has 0 aliphatic rings. The minimum Gasteiger partial charge on any atom is -0.375 e. The van der Waals surface area contributed by atoms with Gasteiger partial charge in [0.15, 0.2) is 0 Å².